The molecular formula is C47H53O6P3. The molecule has 0 fully saturated rings. The standard InChI is InChI=1S/C47H53O6P3/c1-47(33-54(41-21-9-35(48-2)10-22-41)42-23-11-36(49-3)12-24-42,34-55(43-25-13-37(50-4)14-26-43)44-27-15-38(51-5)16-28-44)56(8,45-29-17-39(52-6)18-30-45)46-31-19-40(53-7)20-32-46/h9-32,56H,33-34H2,1-8H3. The maximum atomic E-state index is 5.70. The van der Waals surface area contributed by atoms with Gasteiger partial charge in [-0.3, -0.25) is 0 Å². The van der Waals surface area contributed by atoms with Gasteiger partial charge in [-0.25, -0.2) is 0 Å². The quantitative estimate of drug-likeness (QED) is 0.0870. The molecule has 0 amide bonds. The Balaban J connectivity index is 1.63. The molecule has 0 heterocycles. The molecule has 0 bridgehead atoms. The summed E-state index contributed by atoms with van der Waals surface area (Å²) in [7, 11) is 5.86. The monoisotopic (exact) mass is 806 g/mol. The fourth-order valence-corrected chi connectivity index (χ4v) is 19.5. The Morgan fingerprint density at radius 3 is 0.750 bits per heavy atom. The summed E-state index contributed by atoms with van der Waals surface area (Å²) in [6.45, 7) is 5.14. The van der Waals surface area contributed by atoms with Gasteiger partial charge in [-0.2, -0.15) is 0 Å². The van der Waals surface area contributed by atoms with Crippen LogP contribution in [0.15, 0.2) is 146 Å². The predicted molar refractivity (Wildman–Crippen MR) is 242 cm³/mol. The fraction of sp³-hybridized carbons (Fsp3) is 0.234. The van der Waals surface area contributed by atoms with Gasteiger partial charge in [0.15, 0.2) is 0 Å². The summed E-state index contributed by atoms with van der Waals surface area (Å²) in [6.07, 6.45) is 1.87. The van der Waals surface area contributed by atoms with Crippen molar-refractivity contribution < 1.29 is 28.4 Å². The van der Waals surface area contributed by atoms with E-state index in [1.54, 1.807) is 42.7 Å². The summed E-state index contributed by atoms with van der Waals surface area (Å²) >= 11 is 0. The van der Waals surface area contributed by atoms with E-state index < -0.39 is 23.1 Å². The molecule has 292 valence electrons. The van der Waals surface area contributed by atoms with E-state index in [9.17, 15) is 0 Å². The molecule has 0 spiro atoms. The number of methoxy groups -OCH3 is 6. The first kappa shape index (κ1) is 41.1. The van der Waals surface area contributed by atoms with Crippen LogP contribution in [0.4, 0.5) is 0 Å². The molecule has 0 radical (unpaired) electrons. The van der Waals surface area contributed by atoms with Gasteiger partial charge in [0.1, 0.15) is 0 Å². The molecule has 0 unspecified atom stereocenters. The minimum absolute atomic E-state index is 0.229. The van der Waals surface area contributed by atoms with Gasteiger partial charge in [0.05, 0.1) is 0 Å². The van der Waals surface area contributed by atoms with Crippen molar-refractivity contribution in [1.29, 1.82) is 0 Å². The molecule has 0 atom stereocenters. The average molecular weight is 807 g/mol. The van der Waals surface area contributed by atoms with E-state index in [1.807, 2.05) is 0 Å². The van der Waals surface area contributed by atoms with Crippen molar-refractivity contribution >= 4 is 54.9 Å². The Kier molecular flexibility index (Phi) is 13.6. The molecule has 0 aromatic heterocycles. The van der Waals surface area contributed by atoms with Crippen molar-refractivity contribution in [3.63, 3.8) is 0 Å². The van der Waals surface area contributed by atoms with Crippen LogP contribution in [0, 0.1) is 0 Å². The number of benzene rings is 6. The molecule has 6 aromatic carbocycles. The van der Waals surface area contributed by atoms with Crippen molar-refractivity contribution in [3.8, 4) is 34.5 Å². The Bertz CT molecular complexity index is 1880. The van der Waals surface area contributed by atoms with Crippen molar-refractivity contribution in [1.82, 2.24) is 0 Å². The Labute approximate surface area is 335 Å². The molecule has 56 heavy (non-hydrogen) atoms. The second kappa shape index (κ2) is 18.6. The van der Waals surface area contributed by atoms with Crippen LogP contribution in [0.5, 0.6) is 34.5 Å². The molecular weight excluding hydrogens is 753 g/mol. The fourth-order valence-electron chi connectivity index (χ4n) is 7.49. The number of rotatable bonds is 17. The van der Waals surface area contributed by atoms with Crippen molar-refractivity contribution in [2.75, 3.05) is 61.6 Å². The van der Waals surface area contributed by atoms with E-state index >= 15 is 0 Å². The Morgan fingerprint density at radius 1 is 0.357 bits per heavy atom. The van der Waals surface area contributed by atoms with Gasteiger partial charge in [0, 0.05) is 0 Å². The first-order valence-corrected chi connectivity index (χ1v) is 24.1. The zero-order chi connectivity index (χ0) is 39.7. The normalized spacial score (nSPS) is 12.0. The van der Waals surface area contributed by atoms with E-state index in [2.05, 4.69) is 159 Å². The molecule has 6 rings (SSSR count). The second-order valence-electron chi connectivity index (χ2n) is 14.1. The van der Waals surface area contributed by atoms with E-state index in [1.165, 1.54) is 31.8 Å². The third-order valence-electron chi connectivity index (χ3n) is 11.1. The van der Waals surface area contributed by atoms with Gasteiger partial charge in [0.2, 0.25) is 0 Å². The van der Waals surface area contributed by atoms with Gasteiger partial charge in [0.25, 0.3) is 0 Å². The zero-order valence-corrected chi connectivity index (χ0v) is 36.4. The van der Waals surface area contributed by atoms with Gasteiger partial charge in [-0.1, -0.05) is 0 Å². The van der Waals surface area contributed by atoms with Gasteiger partial charge in [-0.15, -0.1) is 0 Å². The molecule has 6 aromatic rings. The van der Waals surface area contributed by atoms with Gasteiger partial charge >= 0.3 is 337 Å². The summed E-state index contributed by atoms with van der Waals surface area (Å²) in [5, 5.41) is 7.68. The Hall–Kier alpha value is -4.59. The average Bonchev–Trinajstić information content (AvgIpc) is 3.27. The number of hydrogen-bond acceptors (Lipinski definition) is 6. The minimum atomic E-state index is -2.73. The summed E-state index contributed by atoms with van der Waals surface area (Å²) in [6, 6.07) is 52.5. The van der Waals surface area contributed by atoms with E-state index in [0.29, 0.717) is 0 Å². The van der Waals surface area contributed by atoms with Crippen LogP contribution in [0.3, 0.4) is 0 Å². The van der Waals surface area contributed by atoms with Crippen LogP contribution in [0.25, 0.3) is 0 Å². The summed E-state index contributed by atoms with van der Waals surface area (Å²) in [5.41, 5.74) is 0. The third kappa shape index (κ3) is 8.85. The summed E-state index contributed by atoms with van der Waals surface area (Å²) in [5.74, 6) is 5.08. The molecule has 0 N–H and O–H groups in total. The van der Waals surface area contributed by atoms with Crippen LogP contribution in [-0.2, 0) is 0 Å². The van der Waals surface area contributed by atoms with Gasteiger partial charge < -0.3 is 0 Å². The van der Waals surface area contributed by atoms with Crippen LogP contribution >= 0.6 is 23.1 Å². The first-order valence-electron chi connectivity index (χ1n) is 18.6. The number of ether oxygens (including phenoxy) is 6. The van der Waals surface area contributed by atoms with Crippen LogP contribution in [-0.4, -0.2) is 66.8 Å². The second-order valence-corrected chi connectivity index (χ2v) is 23.1. The third-order valence-corrected chi connectivity index (χ3v) is 23.1. The molecule has 0 aliphatic carbocycles. The van der Waals surface area contributed by atoms with Crippen molar-refractivity contribution in [2.24, 2.45) is 0 Å². The molecule has 0 aliphatic rings. The molecule has 0 aliphatic heterocycles. The van der Waals surface area contributed by atoms with E-state index in [4.69, 9.17) is 28.4 Å². The molecule has 0 saturated heterocycles. The zero-order valence-electron chi connectivity index (χ0n) is 33.6. The molecule has 9 heteroatoms. The van der Waals surface area contributed by atoms with E-state index in [0.717, 1.165) is 46.8 Å². The summed E-state index contributed by atoms with van der Waals surface area (Å²) in [4.78, 5) is 0. The molecule has 6 nitrogen and oxygen atoms in total. The first-order chi connectivity index (χ1) is 27.2. The summed E-state index contributed by atoms with van der Waals surface area (Å²) < 4.78 is 34.0. The van der Waals surface area contributed by atoms with E-state index in [-0.39, 0.29) is 5.16 Å². The maximum absolute atomic E-state index is 5.70. The predicted octanol–water partition coefficient (Wildman–Crippen LogP) is 8.09. The van der Waals surface area contributed by atoms with Gasteiger partial charge in [-0.05, 0) is 0 Å². The van der Waals surface area contributed by atoms with Crippen molar-refractivity contribution in [3.05, 3.63) is 146 Å². The van der Waals surface area contributed by atoms with Crippen LogP contribution < -0.4 is 60.2 Å². The van der Waals surface area contributed by atoms with Crippen LogP contribution in [0.1, 0.15) is 6.92 Å². The number of hydrogen-bond donors (Lipinski definition) is 0. The topological polar surface area (TPSA) is 55.4 Å². The molecule has 0 saturated carbocycles. The SMILES string of the molecule is COc1ccc(P(CC(C)(CP(c2ccc(OC)cc2)c2ccc(OC)cc2)[PH](C)(c2ccc(OC)cc2)c2ccc(OC)cc2)c2ccc(OC)cc2)cc1. The van der Waals surface area contributed by atoms with Crippen LogP contribution in [0.2, 0.25) is 0 Å². The van der Waals surface area contributed by atoms with Crippen molar-refractivity contribution in [2.45, 2.75) is 12.1 Å². The Morgan fingerprint density at radius 2 is 0.554 bits per heavy atom.